The normalized spacial score (nSPS) is 9.26. The molecule has 1 radical (unpaired) electrons. The maximum absolute atomic E-state index is 4.95. The number of aromatic nitrogens is 8. The Morgan fingerprint density at radius 1 is 0.263 bits per heavy atom. The molecule has 5 heterocycles. The van der Waals surface area contributed by atoms with Crippen LogP contribution in [0.4, 0.5) is 0 Å². The standard InChI is InChI=1S/C32H16N8.8C2H6.Cu/c1-2-10-18-17(9-1)25-33-26(18)38-28-21-13-5-6-14-22(21)30(35-28)40-32-24-16-8-7-15-23(24)31(36-32)39-29-20-12-4-3-11-19(20)27(34-29)37-25;8*1-2;/h1-16H;8*1-2H3;/q-2;;;;;;;;;. The Morgan fingerprint density at radius 2 is 0.439 bits per heavy atom. The van der Waals surface area contributed by atoms with E-state index in [4.69, 9.17) is 39.9 Å². The van der Waals surface area contributed by atoms with E-state index in [1.165, 1.54) is 0 Å². The van der Waals surface area contributed by atoms with Gasteiger partial charge in [0.25, 0.3) is 0 Å². The molecule has 0 saturated carbocycles. The third-order valence-electron chi connectivity index (χ3n) is 7.33. The van der Waals surface area contributed by atoms with Crippen LogP contribution >= 0.6 is 0 Å². The van der Waals surface area contributed by atoms with Crippen LogP contribution in [0.3, 0.4) is 0 Å². The van der Waals surface area contributed by atoms with Crippen molar-refractivity contribution in [2.24, 2.45) is 0 Å². The van der Waals surface area contributed by atoms with Crippen molar-refractivity contribution in [1.82, 2.24) is 39.9 Å². The summed E-state index contributed by atoms with van der Waals surface area (Å²) in [5.41, 5.74) is 5.78. The number of fused-ring (bicyclic) bond motifs is 20. The second-order valence-electron chi connectivity index (χ2n) is 9.67. The molecule has 2 aliphatic rings. The summed E-state index contributed by atoms with van der Waals surface area (Å²) >= 11 is 0. The summed E-state index contributed by atoms with van der Waals surface area (Å²) in [5, 5.41) is 3.57. The first-order valence-electron chi connectivity index (χ1n) is 20.9. The topological polar surface area (TPSA) is 106 Å². The minimum absolute atomic E-state index is 0. The van der Waals surface area contributed by atoms with Gasteiger partial charge in [0.05, 0.1) is 23.3 Å². The third kappa shape index (κ3) is 11.4. The van der Waals surface area contributed by atoms with Crippen LogP contribution in [0.5, 0.6) is 0 Å². The summed E-state index contributed by atoms with van der Waals surface area (Å²) in [5.74, 6) is 2.21. The maximum atomic E-state index is 4.95. The van der Waals surface area contributed by atoms with Crippen molar-refractivity contribution in [3.05, 3.63) is 97.1 Å². The summed E-state index contributed by atoms with van der Waals surface area (Å²) < 4.78 is 0. The minimum Gasteiger partial charge on any atom is -0.357 e. The second kappa shape index (κ2) is 28.2. The average molecular weight is 817 g/mol. The molecule has 0 spiro atoms. The maximum Gasteiger partial charge on any atom is 0.0927 e. The molecule has 9 heteroatoms. The van der Waals surface area contributed by atoms with Crippen molar-refractivity contribution in [1.29, 1.82) is 0 Å². The number of hydrogen-bond donors (Lipinski definition) is 0. The first-order chi connectivity index (χ1) is 27.8. The zero-order valence-corrected chi connectivity index (χ0v) is 38.1. The van der Waals surface area contributed by atoms with Crippen LogP contribution in [0, 0.1) is 0 Å². The van der Waals surface area contributed by atoms with E-state index >= 15 is 0 Å². The van der Waals surface area contributed by atoms with Gasteiger partial charge in [0, 0.05) is 61.9 Å². The summed E-state index contributed by atoms with van der Waals surface area (Å²) in [6, 6.07) is 31.8. The van der Waals surface area contributed by atoms with E-state index in [1.54, 1.807) is 0 Å². The number of benzene rings is 4. The van der Waals surface area contributed by atoms with E-state index in [9.17, 15) is 0 Å². The summed E-state index contributed by atoms with van der Waals surface area (Å²) in [6.07, 6.45) is 0. The molecule has 0 saturated heterocycles. The third-order valence-corrected chi connectivity index (χ3v) is 7.33. The Bertz CT molecular complexity index is 2040. The van der Waals surface area contributed by atoms with Gasteiger partial charge in [-0.15, -0.1) is 0 Å². The monoisotopic (exact) mass is 815 g/mol. The Balaban J connectivity index is 0.00000166. The van der Waals surface area contributed by atoms with E-state index < -0.39 is 0 Å². The van der Waals surface area contributed by atoms with Crippen molar-refractivity contribution in [2.45, 2.75) is 111 Å². The molecule has 0 amide bonds. The first kappa shape index (κ1) is 51.8. The van der Waals surface area contributed by atoms with Gasteiger partial charge in [-0.2, -0.15) is 0 Å². The summed E-state index contributed by atoms with van der Waals surface area (Å²) in [4.78, 5) is 39.3. The van der Waals surface area contributed by atoms with Crippen LogP contribution in [0.1, 0.15) is 111 Å². The van der Waals surface area contributed by atoms with Crippen molar-refractivity contribution >= 4 is 44.1 Å². The molecule has 0 aliphatic carbocycles. The Labute approximate surface area is 353 Å². The van der Waals surface area contributed by atoms with E-state index in [0.29, 0.717) is 45.9 Å². The largest absolute Gasteiger partial charge is 0.357 e. The van der Waals surface area contributed by atoms with Crippen molar-refractivity contribution in [3.8, 4) is 45.6 Å². The second-order valence-corrected chi connectivity index (χ2v) is 9.67. The molecule has 9 rings (SSSR count). The fraction of sp³-hybridized carbons (Fsp3) is 0.333. The van der Waals surface area contributed by atoms with Gasteiger partial charge >= 0.3 is 0 Å². The van der Waals surface area contributed by atoms with Gasteiger partial charge in [-0.25, -0.2) is 9.97 Å². The predicted octanol–water partition coefficient (Wildman–Crippen LogP) is 14.3. The van der Waals surface area contributed by atoms with Crippen LogP contribution in [0.25, 0.3) is 89.7 Å². The number of rotatable bonds is 0. The molecule has 3 aromatic heterocycles. The SMILES string of the molecule is CC.CC.CC.CC.CC.CC.CC.CC.[Cu].c1ccc2c(c1)-c1nc-2nc2[n-]c(nc3nc(nc4[n-]c(n1)c1ccccc41)-c1ccccc1-3)c1ccccc21. The van der Waals surface area contributed by atoms with Gasteiger partial charge in [-0.3, -0.25) is 0 Å². The quantitative estimate of drug-likeness (QED) is 0.139. The van der Waals surface area contributed by atoms with Crippen molar-refractivity contribution < 1.29 is 17.1 Å². The van der Waals surface area contributed by atoms with Gasteiger partial charge < -0.3 is 29.9 Å². The smallest absolute Gasteiger partial charge is 0.0927 e. The zero-order valence-electron chi connectivity index (χ0n) is 37.1. The van der Waals surface area contributed by atoms with E-state index in [-0.39, 0.29) is 17.1 Å². The molecule has 0 fully saturated rings. The number of hydrogen-bond acceptors (Lipinski definition) is 6. The molecule has 4 aromatic carbocycles. The number of nitrogens with zero attached hydrogens (tertiary/aromatic N) is 8. The fourth-order valence-corrected chi connectivity index (χ4v) is 5.46. The van der Waals surface area contributed by atoms with Gasteiger partial charge in [0.2, 0.25) is 0 Å². The summed E-state index contributed by atoms with van der Waals surface area (Å²) in [6.45, 7) is 32.0. The predicted molar refractivity (Wildman–Crippen MR) is 245 cm³/mol. The molecule has 309 valence electrons. The molecule has 7 aromatic rings. The van der Waals surface area contributed by atoms with Crippen LogP contribution in [-0.2, 0) is 17.1 Å². The van der Waals surface area contributed by atoms with E-state index in [2.05, 4.69) is 0 Å². The molecule has 8 nitrogen and oxygen atoms in total. The van der Waals surface area contributed by atoms with Crippen LogP contribution in [0.15, 0.2) is 97.1 Å². The van der Waals surface area contributed by atoms with Crippen molar-refractivity contribution in [2.75, 3.05) is 0 Å². The Hall–Kier alpha value is -5.24. The van der Waals surface area contributed by atoms with E-state index in [1.807, 2.05) is 208 Å². The summed E-state index contributed by atoms with van der Waals surface area (Å²) in [7, 11) is 0. The van der Waals surface area contributed by atoms with Crippen LogP contribution in [0.2, 0.25) is 0 Å². The minimum atomic E-state index is 0. The van der Waals surface area contributed by atoms with E-state index in [0.717, 1.165) is 43.8 Å². The molecule has 0 unspecified atom stereocenters. The fourth-order valence-electron chi connectivity index (χ4n) is 5.46. The van der Waals surface area contributed by atoms with Crippen LogP contribution in [-0.4, -0.2) is 29.9 Å². The Morgan fingerprint density at radius 3 is 0.632 bits per heavy atom. The van der Waals surface area contributed by atoms with Gasteiger partial charge in [-0.05, 0) is 21.5 Å². The van der Waals surface area contributed by atoms with Gasteiger partial charge in [-0.1, -0.05) is 208 Å². The molecule has 57 heavy (non-hydrogen) atoms. The molecule has 8 bridgehead atoms. The Kier molecular flexibility index (Phi) is 25.6. The van der Waals surface area contributed by atoms with Gasteiger partial charge in [0.1, 0.15) is 0 Å². The molecule has 0 atom stereocenters. The zero-order chi connectivity index (χ0) is 42.2. The van der Waals surface area contributed by atoms with Crippen molar-refractivity contribution in [3.63, 3.8) is 0 Å². The molecule has 2 aliphatic heterocycles. The molecule has 0 N–H and O–H groups in total. The average Bonchev–Trinajstić information content (AvgIpc) is 4.05. The van der Waals surface area contributed by atoms with Crippen LogP contribution < -0.4 is 9.97 Å². The molecular formula is C48H64CuN8-2. The molecular weight excluding hydrogens is 752 g/mol. The first-order valence-corrected chi connectivity index (χ1v) is 20.9. The van der Waals surface area contributed by atoms with Gasteiger partial charge in [0.15, 0.2) is 0 Å².